The number of carbonyl (C=O) groups is 1. The van der Waals surface area contributed by atoms with Gasteiger partial charge in [-0.1, -0.05) is 12.1 Å². The molecule has 6 nitrogen and oxygen atoms in total. The average Bonchev–Trinajstić information content (AvgIpc) is 3.15. The maximum atomic E-state index is 13.8. The molecular weight excluding hydrogens is 351 g/mol. The highest BCUT2D eigenvalue weighted by atomic mass is 19.1. The predicted octanol–water partition coefficient (Wildman–Crippen LogP) is 4.07. The zero-order valence-electron chi connectivity index (χ0n) is 15.0. The number of amides is 1. The fourth-order valence-corrected chi connectivity index (χ4v) is 2.57. The van der Waals surface area contributed by atoms with E-state index in [9.17, 15) is 9.18 Å². The molecule has 0 saturated heterocycles. The minimum atomic E-state index is -0.383. The molecule has 0 radical (unpaired) electrons. The molecular formula is C20H19FN2O4. The topological polar surface area (TPSA) is 73.6 Å². The van der Waals surface area contributed by atoms with Gasteiger partial charge in [0.05, 0.1) is 26.0 Å². The third kappa shape index (κ3) is 4.44. The van der Waals surface area contributed by atoms with Gasteiger partial charge in [0.25, 0.3) is 0 Å². The van der Waals surface area contributed by atoms with Crippen LogP contribution in [0.2, 0.25) is 0 Å². The number of aryl methyl sites for hydroxylation is 1. The van der Waals surface area contributed by atoms with E-state index in [1.54, 1.807) is 43.5 Å². The number of aromatic nitrogens is 1. The lowest BCUT2D eigenvalue weighted by molar-refractivity contribution is -0.116. The van der Waals surface area contributed by atoms with Crippen molar-refractivity contribution in [1.82, 2.24) is 4.98 Å². The summed E-state index contributed by atoms with van der Waals surface area (Å²) < 4.78 is 29.7. The molecule has 7 heteroatoms. The Morgan fingerprint density at radius 3 is 2.67 bits per heavy atom. The highest BCUT2D eigenvalue weighted by Gasteiger charge is 2.12. The number of hydrogen-bond donors (Lipinski definition) is 1. The Morgan fingerprint density at radius 1 is 1.15 bits per heavy atom. The van der Waals surface area contributed by atoms with Crippen LogP contribution >= 0.6 is 0 Å². The molecule has 0 aliphatic rings. The summed E-state index contributed by atoms with van der Waals surface area (Å²) in [6.45, 7) is 0. The van der Waals surface area contributed by atoms with Crippen molar-refractivity contribution in [3.05, 3.63) is 60.4 Å². The van der Waals surface area contributed by atoms with E-state index in [2.05, 4.69) is 10.3 Å². The molecule has 0 bridgehead atoms. The first-order chi connectivity index (χ1) is 13.1. The zero-order valence-corrected chi connectivity index (χ0v) is 15.0. The van der Waals surface area contributed by atoms with Crippen molar-refractivity contribution in [3.8, 4) is 22.8 Å². The highest BCUT2D eigenvalue weighted by Crippen LogP contribution is 2.30. The molecule has 0 fully saturated rings. The van der Waals surface area contributed by atoms with Crippen LogP contribution in [-0.4, -0.2) is 25.1 Å². The lowest BCUT2D eigenvalue weighted by atomic mass is 10.2. The minimum absolute atomic E-state index is 0.172. The summed E-state index contributed by atoms with van der Waals surface area (Å²) in [5, 5.41) is 2.78. The lowest BCUT2D eigenvalue weighted by Gasteiger charge is -2.10. The largest absolute Gasteiger partial charge is 0.493 e. The number of oxazole rings is 1. The maximum Gasteiger partial charge on any atom is 0.224 e. The number of halogens is 1. The number of methoxy groups -OCH3 is 2. The molecule has 3 rings (SSSR count). The molecule has 2 aromatic carbocycles. The van der Waals surface area contributed by atoms with Crippen LogP contribution in [0.1, 0.15) is 12.3 Å². The Hall–Kier alpha value is -3.35. The summed E-state index contributed by atoms with van der Waals surface area (Å²) in [5.74, 6) is 1.23. The summed E-state index contributed by atoms with van der Waals surface area (Å²) >= 11 is 0. The maximum absolute atomic E-state index is 13.8. The fraction of sp³-hybridized carbons (Fsp3) is 0.200. The highest BCUT2D eigenvalue weighted by molar-refractivity contribution is 5.91. The van der Waals surface area contributed by atoms with Crippen LogP contribution < -0.4 is 14.8 Å². The summed E-state index contributed by atoms with van der Waals surface area (Å²) in [5.41, 5.74) is 0.933. The van der Waals surface area contributed by atoms with E-state index in [0.29, 0.717) is 40.8 Å². The third-order valence-corrected chi connectivity index (χ3v) is 3.93. The normalized spacial score (nSPS) is 10.5. The molecule has 0 aliphatic heterocycles. The predicted molar refractivity (Wildman–Crippen MR) is 98.4 cm³/mol. The lowest BCUT2D eigenvalue weighted by Crippen LogP contribution is -2.12. The van der Waals surface area contributed by atoms with Gasteiger partial charge in [-0.3, -0.25) is 4.79 Å². The van der Waals surface area contributed by atoms with Gasteiger partial charge in [-0.25, -0.2) is 9.37 Å². The van der Waals surface area contributed by atoms with Gasteiger partial charge in [0.2, 0.25) is 5.91 Å². The van der Waals surface area contributed by atoms with Gasteiger partial charge in [-0.15, -0.1) is 0 Å². The number of benzene rings is 2. The quantitative estimate of drug-likeness (QED) is 0.679. The fourth-order valence-electron chi connectivity index (χ4n) is 2.57. The second-order valence-electron chi connectivity index (χ2n) is 5.72. The molecule has 0 spiro atoms. The molecule has 0 atom stereocenters. The average molecular weight is 370 g/mol. The van der Waals surface area contributed by atoms with E-state index in [1.165, 1.54) is 19.4 Å². The first-order valence-corrected chi connectivity index (χ1v) is 8.32. The number of nitrogens with zero attached hydrogens (tertiary/aromatic N) is 1. The summed E-state index contributed by atoms with van der Waals surface area (Å²) in [6.07, 6.45) is 1.93. The van der Waals surface area contributed by atoms with Crippen LogP contribution in [0.15, 0.2) is 53.1 Å². The van der Waals surface area contributed by atoms with E-state index >= 15 is 0 Å². The molecule has 0 aliphatic carbocycles. The van der Waals surface area contributed by atoms with E-state index < -0.39 is 0 Å². The molecule has 1 amide bonds. The van der Waals surface area contributed by atoms with Crippen molar-refractivity contribution < 1.29 is 23.1 Å². The summed E-state index contributed by atoms with van der Waals surface area (Å²) in [7, 11) is 3.07. The molecule has 3 aromatic rings. The first-order valence-electron chi connectivity index (χ1n) is 8.32. The van der Waals surface area contributed by atoms with Crippen molar-refractivity contribution in [2.45, 2.75) is 12.8 Å². The number of ether oxygens (including phenoxy) is 2. The minimum Gasteiger partial charge on any atom is -0.493 e. The van der Waals surface area contributed by atoms with Crippen LogP contribution in [0.5, 0.6) is 11.5 Å². The van der Waals surface area contributed by atoms with Crippen molar-refractivity contribution in [1.29, 1.82) is 0 Å². The molecule has 1 aromatic heterocycles. The SMILES string of the molecule is COc1ccc(NC(=O)CCc2ncc(-c3ccccc3F)o2)cc1OC. The van der Waals surface area contributed by atoms with Crippen molar-refractivity contribution in [2.75, 3.05) is 19.5 Å². The van der Waals surface area contributed by atoms with Gasteiger partial charge in [-0.05, 0) is 24.3 Å². The number of carbonyl (C=O) groups excluding carboxylic acids is 1. The molecule has 1 heterocycles. The van der Waals surface area contributed by atoms with Gasteiger partial charge >= 0.3 is 0 Å². The number of nitrogens with one attached hydrogen (secondary N) is 1. The van der Waals surface area contributed by atoms with Crippen LogP contribution in [0.25, 0.3) is 11.3 Å². The van der Waals surface area contributed by atoms with Crippen LogP contribution in [0.4, 0.5) is 10.1 Å². The number of rotatable bonds is 7. The molecule has 0 unspecified atom stereocenters. The van der Waals surface area contributed by atoms with Crippen LogP contribution in [0.3, 0.4) is 0 Å². The molecule has 0 saturated carbocycles. The van der Waals surface area contributed by atoms with E-state index in [0.717, 1.165) is 0 Å². The second kappa shape index (κ2) is 8.35. The van der Waals surface area contributed by atoms with Crippen molar-refractivity contribution in [3.63, 3.8) is 0 Å². The number of hydrogen-bond acceptors (Lipinski definition) is 5. The van der Waals surface area contributed by atoms with Gasteiger partial charge in [0, 0.05) is 24.6 Å². The Balaban J connectivity index is 1.59. The van der Waals surface area contributed by atoms with Gasteiger partial charge in [-0.2, -0.15) is 0 Å². The van der Waals surface area contributed by atoms with Crippen molar-refractivity contribution >= 4 is 11.6 Å². The van der Waals surface area contributed by atoms with E-state index in [4.69, 9.17) is 13.9 Å². The summed E-state index contributed by atoms with van der Waals surface area (Å²) in [6, 6.07) is 11.4. The van der Waals surface area contributed by atoms with Crippen molar-refractivity contribution in [2.24, 2.45) is 0 Å². The van der Waals surface area contributed by atoms with Gasteiger partial charge in [0.15, 0.2) is 23.1 Å². The smallest absolute Gasteiger partial charge is 0.224 e. The number of anilines is 1. The molecule has 1 N–H and O–H groups in total. The van der Waals surface area contributed by atoms with Crippen LogP contribution in [-0.2, 0) is 11.2 Å². The molecule has 140 valence electrons. The second-order valence-corrected chi connectivity index (χ2v) is 5.72. The Labute approximate surface area is 155 Å². The zero-order chi connectivity index (χ0) is 19.2. The standard InChI is InChI=1S/C20H19FN2O4/c1-25-16-8-7-13(11-17(16)26-2)23-19(24)9-10-20-22-12-18(27-20)14-5-3-4-6-15(14)21/h3-8,11-12H,9-10H2,1-2H3,(H,23,24). The monoisotopic (exact) mass is 370 g/mol. The Morgan fingerprint density at radius 2 is 1.93 bits per heavy atom. The summed E-state index contributed by atoms with van der Waals surface area (Å²) in [4.78, 5) is 16.3. The van der Waals surface area contributed by atoms with E-state index in [1.807, 2.05) is 0 Å². The van der Waals surface area contributed by atoms with Gasteiger partial charge < -0.3 is 19.2 Å². The first kappa shape index (κ1) is 18.4. The Kier molecular flexibility index (Phi) is 5.71. The Bertz CT molecular complexity index is 939. The molecule has 27 heavy (non-hydrogen) atoms. The van der Waals surface area contributed by atoms with Crippen LogP contribution in [0, 0.1) is 5.82 Å². The third-order valence-electron chi connectivity index (χ3n) is 3.93. The van der Waals surface area contributed by atoms with E-state index in [-0.39, 0.29) is 18.1 Å². The van der Waals surface area contributed by atoms with Gasteiger partial charge in [0.1, 0.15) is 5.82 Å².